The number of amides is 1. The van der Waals surface area contributed by atoms with E-state index in [0.29, 0.717) is 29.8 Å². The predicted molar refractivity (Wildman–Crippen MR) is 155 cm³/mol. The summed E-state index contributed by atoms with van der Waals surface area (Å²) in [5.41, 5.74) is 3.43. The SMILES string of the molecule is COC(=O)C1(Cc2ccccc2)Cc2c(-c3nccs3)cccc2N1C(=O)c1ccc(C(C)(C)C)c(OC)c1. The molecule has 4 aromatic rings. The van der Waals surface area contributed by atoms with E-state index in [9.17, 15) is 9.59 Å². The predicted octanol–water partition coefficient (Wildman–Crippen LogP) is 6.47. The second-order valence-corrected chi connectivity index (χ2v) is 11.7. The van der Waals surface area contributed by atoms with E-state index in [1.54, 1.807) is 24.3 Å². The highest BCUT2D eigenvalue weighted by atomic mass is 32.1. The van der Waals surface area contributed by atoms with Crippen LogP contribution in [0.15, 0.2) is 78.3 Å². The normalized spacial score (nSPS) is 16.6. The number of hydrogen-bond acceptors (Lipinski definition) is 6. The summed E-state index contributed by atoms with van der Waals surface area (Å²) in [6.07, 6.45) is 2.37. The van der Waals surface area contributed by atoms with Crippen molar-refractivity contribution in [2.45, 2.75) is 44.6 Å². The molecule has 0 bridgehead atoms. The molecule has 6 nitrogen and oxygen atoms in total. The molecular formula is C32H32N2O4S. The second kappa shape index (κ2) is 10.3. The lowest BCUT2D eigenvalue weighted by molar-refractivity contribution is -0.146. The van der Waals surface area contributed by atoms with Crippen LogP contribution in [0, 0.1) is 0 Å². The van der Waals surface area contributed by atoms with Crippen molar-refractivity contribution in [1.82, 2.24) is 4.98 Å². The lowest BCUT2D eigenvalue weighted by Crippen LogP contribution is -2.58. The third-order valence-corrected chi connectivity index (χ3v) is 8.12. The van der Waals surface area contributed by atoms with Gasteiger partial charge in [0.1, 0.15) is 10.8 Å². The van der Waals surface area contributed by atoms with Crippen LogP contribution in [0.5, 0.6) is 5.75 Å². The highest BCUT2D eigenvalue weighted by Crippen LogP contribution is 2.47. The van der Waals surface area contributed by atoms with Crippen molar-refractivity contribution in [2.24, 2.45) is 0 Å². The maximum absolute atomic E-state index is 14.5. The minimum Gasteiger partial charge on any atom is -0.496 e. The second-order valence-electron chi connectivity index (χ2n) is 10.8. The first-order valence-electron chi connectivity index (χ1n) is 12.9. The molecule has 1 aliphatic rings. The zero-order valence-corrected chi connectivity index (χ0v) is 23.7. The summed E-state index contributed by atoms with van der Waals surface area (Å²) in [6.45, 7) is 6.31. The Balaban J connectivity index is 1.72. The summed E-state index contributed by atoms with van der Waals surface area (Å²) in [4.78, 5) is 34.5. The standard InChI is InChI=1S/C32H32N2O4S/c1-31(2,3)25-15-14-22(18-27(25)37-4)29(35)34-26-13-9-12-23(28-33-16-17-39-28)24(26)20-32(34,30(36)38-5)19-21-10-7-6-8-11-21/h6-18H,19-20H2,1-5H3. The van der Waals surface area contributed by atoms with Gasteiger partial charge in [0, 0.05) is 41.2 Å². The number of thiazole rings is 1. The molecule has 7 heteroatoms. The minimum absolute atomic E-state index is 0.168. The number of aromatic nitrogens is 1. The number of nitrogens with zero attached hydrogens (tertiary/aromatic N) is 2. The summed E-state index contributed by atoms with van der Waals surface area (Å²) >= 11 is 1.53. The fraction of sp³-hybridized carbons (Fsp3) is 0.281. The third-order valence-electron chi connectivity index (χ3n) is 7.32. The average molecular weight is 541 g/mol. The van der Waals surface area contributed by atoms with E-state index in [1.165, 1.54) is 18.4 Å². The number of carbonyl (C=O) groups excluding carboxylic acids is 2. The molecule has 2 heterocycles. The molecule has 0 radical (unpaired) electrons. The van der Waals surface area contributed by atoms with Crippen molar-refractivity contribution in [1.29, 1.82) is 0 Å². The quantitative estimate of drug-likeness (QED) is 0.262. The first kappa shape index (κ1) is 26.6. The molecule has 39 heavy (non-hydrogen) atoms. The fourth-order valence-electron chi connectivity index (χ4n) is 5.51. The molecule has 3 aromatic carbocycles. The number of anilines is 1. The van der Waals surface area contributed by atoms with Crippen LogP contribution in [-0.2, 0) is 27.8 Å². The highest BCUT2D eigenvalue weighted by Gasteiger charge is 2.54. The third kappa shape index (κ3) is 4.72. The van der Waals surface area contributed by atoms with Crippen LogP contribution < -0.4 is 9.64 Å². The monoisotopic (exact) mass is 540 g/mol. The molecule has 0 saturated carbocycles. The van der Waals surface area contributed by atoms with Gasteiger partial charge in [-0.15, -0.1) is 11.3 Å². The summed E-state index contributed by atoms with van der Waals surface area (Å²) in [5, 5.41) is 2.77. The first-order valence-corrected chi connectivity index (χ1v) is 13.7. The Kier molecular flexibility index (Phi) is 7.03. The van der Waals surface area contributed by atoms with Crippen molar-refractivity contribution in [3.63, 3.8) is 0 Å². The van der Waals surface area contributed by atoms with E-state index in [0.717, 1.165) is 27.3 Å². The van der Waals surface area contributed by atoms with Gasteiger partial charge in [0.15, 0.2) is 5.54 Å². The molecule has 1 aliphatic heterocycles. The molecule has 1 amide bonds. The molecule has 0 fully saturated rings. The number of esters is 1. The molecule has 0 saturated heterocycles. The molecule has 0 aliphatic carbocycles. The number of ether oxygens (including phenoxy) is 2. The number of methoxy groups -OCH3 is 2. The Labute approximate surface area is 233 Å². The number of fused-ring (bicyclic) bond motifs is 1. The molecule has 1 aromatic heterocycles. The van der Waals surface area contributed by atoms with Gasteiger partial charge in [0.05, 0.1) is 14.2 Å². The molecule has 0 spiro atoms. The van der Waals surface area contributed by atoms with E-state index >= 15 is 0 Å². The number of carbonyl (C=O) groups is 2. The molecule has 1 unspecified atom stereocenters. The summed E-state index contributed by atoms with van der Waals surface area (Å²) in [5.74, 6) is -0.111. The number of hydrogen-bond donors (Lipinski definition) is 0. The number of benzene rings is 3. The Bertz CT molecular complexity index is 1510. The topological polar surface area (TPSA) is 68.7 Å². The van der Waals surface area contributed by atoms with Crippen LogP contribution in [-0.4, -0.2) is 36.6 Å². The van der Waals surface area contributed by atoms with Crippen molar-refractivity contribution < 1.29 is 19.1 Å². The van der Waals surface area contributed by atoms with E-state index in [4.69, 9.17) is 9.47 Å². The van der Waals surface area contributed by atoms with E-state index in [-0.39, 0.29) is 11.3 Å². The van der Waals surface area contributed by atoms with Crippen LogP contribution in [0.4, 0.5) is 5.69 Å². The van der Waals surface area contributed by atoms with Gasteiger partial charge in [0.2, 0.25) is 0 Å². The van der Waals surface area contributed by atoms with E-state index in [1.807, 2.05) is 66.0 Å². The van der Waals surface area contributed by atoms with Gasteiger partial charge in [-0.2, -0.15) is 0 Å². The zero-order valence-electron chi connectivity index (χ0n) is 22.9. The van der Waals surface area contributed by atoms with Crippen LogP contribution in [0.3, 0.4) is 0 Å². The van der Waals surface area contributed by atoms with Crippen LogP contribution in [0.2, 0.25) is 0 Å². The van der Waals surface area contributed by atoms with Gasteiger partial charge in [-0.25, -0.2) is 9.78 Å². The summed E-state index contributed by atoms with van der Waals surface area (Å²) in [6, 6.07) is 21.1. The first-order chi connectivity index (χ1) is 18.7. The maximum atomic E-state index is 14.5. The van der Waals surface area contributed by atoms with E-state index < -0.39 is 11.5 Å². The van der Waals surface area contributed by atoms with Crippen molar-refractivity contribution in [3.8, 4) is 16.3 Å². The van der Waals surface area contributed by atoms with Crippen molar-refractivity contribution in [2.75, 3.05) is 19.1 Å². The molecule has 200 valence electrons. The van der Waals surface area contributed by atoms with Gasteiger partial charge in [-0.1, -0.05) is 69.3 Å². The maximum Gasteiger partial charge on any atom is 0.332 e. The Hall–Kier alpha value is -3.97. The van der Waals surface area contributed by atoms with Crippen LogP contribution >= 0.6 is 11.3 Å². The van der Waals surface area contributed by atoms with Gasteiger partial charge < -0.3 is 9.47 Å². The van der Waals surface area contributed by atoms with Gasteiger partial charge in [0.25, 0.3) is 5.91 Å². The van der Waals surface area contributed by atoms with Gasteiger partial charge >= 0.3 is 5.97 Å². The Morgan fingerprint density at radius 1 is 1.03 bits per heavy atom. The largest absolute Gasteiger partial charge is 0.496 e. The average Bonchev–Trinajstić information content (AvgIpc) is 3.58. The lowest BCUT2D eigenvalue weighted by Gasteiger charge is -2.36. The van der Waals surface area contributed by atoms with Gasteiger partial charge in [-0.3, -0.25) is 9.69 Å². The smallest absolute Gasteiger partial charge is 0.332 e. The van der Waals surface area contributed by atoms with Crippen molar-refractivity contribution in [3.05, 3.63) is 101 Å². The fourth-order valence-corrected chi connectivity index (χ4v) is 6.20. The Morgan fingerprint density at radius 3 is 2.44 bits per heavy atom. The Morgan fingerprint density at radius 2 is 1.79 bits per heavy atom. The summed E-state index contributed by atoms with van der Waals surface area (Å²) in [7, 11) is 2.99. The van der Waals surface area contributed by atoms with Gasteiger partial charge in [-0.05, 0) is 40.3 Å². The number of rotatable bonds is 6. The van der Waals surface area contributed by atoms with E-state index in [2.05, 4.69) is 25.8 Å². The molecule has 0 N–H and O–H groups in total. The van der Waals surface area contributed by atoms with Crippen molar-refractivity contribution >= 4 is 28.9 Å². The summed E-state index contributed by atoms with van der Waals surface area (Å²) < 4.78 is 11.1. The van der Waals surface area contributed by atoms with Crippen LogP contribution in [0.25, 0.3) is 10.6 Å². The molecule has 5 rings (SSSR count). The zero-order chi connectivity index (χ0) is 27.8. The molecule has 1 atom stereocenters. The van der Waals surface area contributed by atoms with Crippen LogP contribution in [0.1, 0.15) is 47.8 Å². The lowest BCUT2D eigenvalue weighted by atomic mass is 9.84. The minimum atomic E-state index is -1.28. The molecular weight excluding hydrogens is 508 g/mol. The highest BCUT2D eigenvalue weighted by molar-refractivity contribution is 7.13.